The van der Waals surface area contributed by atoms with Crippen LogP contribution in [0.1, 0.15) is 33.2 Å². The fourth-order valence-electron chi connectivity index (χ4n) is 2.72. The Morgan fingerprint density at radius 1 is 0.815 bits per heavy atom. The van der Waals surface area contributed by atoms with Crippen LogP contribution >= 0.6 is 0 Å². The standard InChI is InChI=1S/C22H19FN2O2/c1-2-15-7-3-4-12-20(15)25-22(27)17-9-5-8-16(13-17)21(26)24-19-11-6-10-18(23)14-19/h3-14H,2H2,1H3,(H,24,26)(H,25,27). The van der Waals surface area contributed by atoms with E-state index in [9.17, 15) is 14.0 Å². The van der Waals surface area contributed by atoms with Crippen LogP contribution in [0.15, 0.2) is 72.8 Å². The zero-order valence-electron chi connectivity index (χ0n) is 14.8. The molecule has 0 aromatic heterocycles. The first-order chi connectivity index (χ1) is 13.1. The summed E-state index contributed by atoms with van der Waals surface area (Å²) < 4.78 is 13.3. The van der Waals surface area contributed by atoms with Crippen molar-refractivity contribution < 1.29 is 14.0 Å². The molecular weight excluding hydrogens is 343 g/mol. The van der Waals surface area contributed by atoms with Crippen molar-refractivity contribution in [1.82, 2.24) is 0 Å². The molecule has 3 rings (SSSR count). The number of nitrogens with one attached hydrogen (secondary N) is 2. The third-order valence-corrected chi connectivity index (χ3v) is 4.12. The van der Waals surface area contributed by atoms with Gasteiger partial charge in [-0.15, -0.1) is 0 Å². The minimum Gasteiger partial charge on any atom is -0.322 e. The Hall–Kier alpha value is -3.47. The summed E-state index contributed by atoms with van der Waals surface area (Å²) in [7, 11) is 0. The van der Waals surface area contributed by atoms with E-state index in [0.29, 0.717) is 16.8 Å². The number of hydrogen-bond donors (Lipinski definition) is 2. The second-order valence-electron chi connectivity index (χ2n) is 6.01. The molecule has 4 nitrogen and oxygen atoms in total. The number of halogens is 1. The van der Waals surface area contributed by atoms with Gasteiger partial charge in [-0.1, -0.05) is 37.3 Å². The second kappa shape index (κ2) is 8.27. The Morgan fingerprint density at radius 3 is 2.19 bits per heavy atom. The van der Waals surface area contributed by atoms with E-state index in [-0.39, 0.29) is 5.91 Å². The van der Waals surface area contributed by atoms with Gasteiger partial charge in [0.25, 0.3) is 11.8 Å². The largest absolute Gasteiger partial charge is 0.322 e. The summed E-state index contributed by atoms with van der Waals surface area (Å²) in [5, 5.41) is 5.50. The van der Waals surface area contributed by atoms with E-state index < -0.39 is 11.7 Å². The lowest BCUT2D eigenvalue weighted by Gasteiger charge is -2.11. The van der Waals surface area contributed by atoms with Gasteiger partial charge in [-0.05, 0) is 54.4 Å². The van der Waals surface area contributed by atoms with Crippen LogP contribution in [0.25, 0.3) is 0 Å². The molecule has 0 heterocycles. The number of aryl methyl sites for hydroxylation is 1. The molecule has 0 aliphatic heterocycles. The number of benzene rings is 3. The van der Waals surface area contributed by atoms with E-state index in [4.69, 9.17) is 0 Å². The second-order valence-corrected chi connectivity index (χ2v) is 6.01. The van der Waals surface area contributed by atoms with Crippen molar-refractivity contribution in [3.05, 3.63) is 95.3 Å². The molecule has 0 radical (unpaired) electrons. The average molecular weight is 362 g/mol. The number of rotatable bonds is 5. The zero-order valence-corrected chi connectivity index (χ0v) is 14.8. The molecule has 0 aliphatic carbocycles. The van der Waals surface area contributed by atoms with Crippen LogP contribution in [-0.4, -0.2) is 11.8 Å². The van der Waals surface area contributed by atoms with Crippen LogP contribution in [0, 0.1) is 5.82 Å². The van der Waals surface area contributed by atoms with Crippen LogP contribution in [-0.2, 0) is 6.42 Å². The minimum absolute atomic E-state index is 0.295. The number of amides is 2. The first-order valence-electron chi connectivity index (χ1n) is 8.63. The summed E-state index contributed by atoms with van der Waals surface area (Å²) in [4.78, 5) is 25.0. The van der Waals surface area contributed by atoms with E-state index in [1.807, 2.05) is 31.2 Å². The number of carbonyl (C=O) groups is 2. The minimum atomic E-state index is -0.435. The molecule has 0 saturated carbocycles. The van der Waals surface area contributed by atoms with Crippen molar-refractivity contribution in [1.29, 1.82) is 0 Å². The summed E-state index contributed by atoms with van der Waals surface area (Å²) in [6, 6.07) is 19.6. The number of para-hydroxylation sites is 1. The SMILES string of the molecule is CCc1ccccc1NC(=O)c1cccc(C(=O)Nc2cccc(F)c2)c1. The van der Waals surface area contributed by atoms with Crippen molar-refractivity contribution >= 4 is 23.2 Å². The lowest BCUT2D eigenvalue weighted by Crippen LogP contribution is -2.16. The monoisotopic (exact) mass is 362 g/mol. The molecule has 0 unspecified atom stereocenters. The van der Waals surface area contributed by atoms with E-state index in [0.717, 1.165) is 17.7 Å². The van der Waals surface area contributed by atoms with Gasteiger partial charge in [0.1, 0.15) is 5.82 Å². The number of anilines is 2. The molecule has 27 heavy (non-hydrogen) atoms. The van der Waals surface area contributed by atoms with E-state index >= 15 is 0 Å². The molecule has 0 fully saturated rings. The quantitative estimate of drug-likeness (QED) is 0.679. The van der Waals surface area contributed by atoms with Crippen LogP contribution in [0.3, 0.4) is 0 Å². The predicted molar refractivity (Wildman–Crippen MR) is 105 cm³/mol. The van der Waals surface area contributed by atoms with Crippen LogP contribution < -0.4 is 10.6 Å². The normalized spacial score (nSPS) is 10.3. The zero-order chi connectivity index (χ0) is 19.2. The van der Waals surface area contributed by atoms with Gasteiger partial charge in [0.2, 0.25) is 0 Å². The molecular formula is C22H19FN2O2. The Morgan fingerprint density at radius 2 is 1.48 bits per heavy atom. The molecule has 0 saturated heterocycles. The molecule has 136 valence electrons. The Bertz CT molecular complexity index is 985. The molecule has 3 aromatic rings. The number of carbonyl (C=O) groups excluding carboxylic acids is 2. The van der Waals surface area contributed by atoms with E-state index in [2.05, 4.69) is 10.6 Å². The van der Waals surface area contributed by atoms with Gasteiger partial charge < -0.3 is 10.6 Å². The van der Waals surface area contributed by atoms with Crippen molar-refractivity contribution in [2.45, 2.75) is 13.3 Å². The van der Waals surface area contributed by atoms with E-state index in [1.54, 1.807) is 24.3 Å². The van der Waals surface area contributed by atoms with Crippen molar-refractivity contribution in [3.63, 3.8) is 0 Å². The highest BCUT2D eigenvalue weighted by molar-refractivity contribution is 6.08. The topological polar surface area (TPSA) is 58.2 Å². The molecule has 5 heteroatoms. The maximum atomic E-state index is 13.3. The summed E-state index contributed by atoms with van der Waals surface area (Å²) >= 11 is 0. The smallest absolute Gasteiger partial charge is 0.255 e. The number of hydrogen-bond acceptors (Lipinski definition) is 2. The lowest BCUT2D eigenvalue weighted by molar-refractivity contribution is 0.102. The first kappa shape index (κ1) is 18.3. The maximum absolute atomic E-state index is 13.3. The first-order valence-corrected chi connectivity index (χ1v) is 8.63. The molecule has 0 spiro atoms. The summed E-state index contributed by atoms with van der Waals surface area (Å²) in [6.07, 6.45) is 0.798. The van der Waals surface area contributed by atoms with Gasteiger partial charge >= 0.3 is 0 Å². The van der Waals surface area contributed by atoms with Gasteiger partial charge in [-0.3, -0.25) is 9.59 Å². The molecule has 0 aliphatic rings. The third kappa shape index (κ3) is 4.58. The van der Waals surface area contributed by atoms with Crippen molar-refractivity contribution in [2.75, 3.05) is 10.6 Å². The summed E-state index contributed by atoms with van der Waals surface area (Å²) in [5.74, 6) is -1.14. The highest BCUT2D eigenvalue weighted by atomic mass is 19.1. The highest BCUT2D eigenvalue weighted by Crippen LogP contribution is 2.17. The lowest BCUT2D eigenvalue weighted by atomic mass is 10.1. The van der Waals surface area contributed by atoms with Crippen LogP contribution in [0.2, 0.25) is 0 Å². The molecule has 0 bridgehead atoms. The molecule has 2 N–H and O–H groups in total. The highest BCUT2D eigenvalue weighted by Gasteiger charge is 2.12. The van der Waals surface area contributed by atoms with Crippen LogP contribution in [0.4, 0.5) is 15.8 Å². The van der Waals surface area contributed by atoms with Gasteiger partial charge in [0.05, 0.1) is 0 Å². The van der Waals surface area contributed by atoms with Gasteiger partial charge in [-0.2, -0.15) is 0 Å². The Kier molecular flexibility index (Phi) is 5.61. The van der Waals surface area contributed by atoms with E-state index in [1.165, 1.54) is 24.3 Å². The maximum Gasteiger partial charge on any atom is 0.255 e. The molecule has 0 atom stereocenters. The summed E-state index contributed by atoms with van der Waals surface area (Å²) in [5.41, 5.74) is 2.82. The average Bonchev–Trinajstić information content (AvgIpc) is 2.68. The fourth-order valence-corrected chi connectivity index (χ4v) is 2.72. The van der Waals surface area contributed by atoms with Crippen LogP contribution in [0.5, 0.6) is 0 Å². The fraction of sp³-hybridized carbons (Fsp3) is 0.0909. The van der Waals surface area contributed by atoms with Crippen molar-refractivity contribution in [2.24, 2.45) is 0 Å². The van der Waals surface area contributed by atoms with Gasteiger partial charge in [0.15, 0.2) is 0 Å². The van der Waals surface area contributed by atoms with Gasteiger partial charge in [0, 0.05) is 22.5 Å². The summed E-state index contributed by atoms with van der Waals surface area (Å²) in [6.45, 7) is 2.02. The Balaban J connectivity index is 1.76. The molecule has 3 aromatic carbocycles. The molecule has 2 amide bonds. The van der Waals surface area contributed by atoms with Crippen molar-refractivity contribution in [3.8, 4) is 0 Å². The third-order valence-electron chi connectivity index (χ3n) is 4.12. The predicted octanol–water partition coefficient (Wildman–Crippen LogP) is 4.89. The Labute approximate surface area is 157 Å². The van der Waals surface area contributed by atoms with Gasteiger partial charge in [-0.25, -0.2) is 4.39 Å².